The summed E-state index contributed by atoms with van der Waals surface area (Å²) in [5.41, 5.74) is 7.05. The number of benzene rings is 1. The van der Waals surface area contributed by atoms with E-state index >= 15 is 0 Å². The van der Waals surface area contributed by atoms with Gasteiger partial charge in [0.25, 0.3) is 0 Å². The lowest BCUT2D eigenvalue weighted by atomic mass is 9.82. The second-order valence-corrected chi connectivity index (χ2v) is 5.77. The highest BCUT2D eigenvalue weighted by Gasteiger charge is 2.29. The summed E-state index contributed by atoms with van der Waals surface area (Å²) < 4.78 is 5.60. The largest absolute Gasteiger partial charge is 0.490 e. The van der Waals surface area contributed by atoms with Crippen molar-refractivity contribution in [3.8, 4) is 5.75 Å². The second-order valence-electron chi connectivity index (χ2n) is 5.77. The van der Waals surface area contributed by atoms with Gasteiger partial charge in [-0.1, -0.05) is 25.0 Å². The Balaban J connectivity index is 1.72. The number of rotatable bonds is 2. The van der Waals surface area contributed by atoms with Gasteiger partial charge in [-0.3, -0.25) is 4.79 Å². The molecule has 0 saturated heterocycles. The normalized spacial score (nSPS) is 25.8. The molecule has 2 atom stereocenters. The Kier molecular flexibility index (Phi) is 3.92. The number of fused-ring (bicyclic) bond motifs is 1. The maximum atomic E-state index is 12.6. The van der Waals surface area contributed by atoms with Gasteiger partial charge in [0.05, 0.1) is 12.2 Å². The maximum Gasteiger partial charge on any atom is 0.227 e. The average Bonchev–Trinajstić information content (AvgIpc) is 2.49. The van der Waals surface area contributed by atoms with Crippen molar-refractivity contribution in [2.24, 2.45) is 11.7 Å². The standard InChI is InChI=1S/C16H22N2O2/c17-13-6-2-1-5-12(13)11-16(19)18-9-10-20-15-8-4-3-7-14(15)18/h3-4,7-8,12-13H,1-2,5-6,9-11,17H2. The number of carbonyl (C=O) groups is 1. The molecule has 2 aliphatic rings. The predicted octanol–water partition coefficient (Wildman–Crippen LogP) is 2.32. The molecule has 0 aromatic heterocycles. The molecule has 108 valence electrons. The quantitative estimate of drug-likeness (QED) is 0.900. The lowest BCUT2D eigenvalue weighted by Gasteiger charge is -2.33. The predicted molar refractivity (Wildman–Crippen MR) is 78.8 cm³/mol. The Morgan fingerprint density at radius 3 is 2.95 bits per heavy atom. The van der Waals surface area contributed by atoms with E-state index in [9.17, 15) is 4.79 Å². The SMILES string of the molecule is NC1CCCCC1CC(=O)N1CCOc2ccccc21. The van der Waals surface area contributed by atoms with Crippen LogP contribution in [-0.2, 0) is 4.79 Å². The molecular formula is C16H22N2O2. The summed E-state index contributed by atoms with van der Waals surface area (Å²) >= 11 is 0. The summed E-state index contributed by atoms with van der Waals surface area (Å²) in [5.74, 6) is 1.33. The van der Waals surface area contributed by atoms with E-state index in [1.54, 1.807) is 0 Å². The average molecular weight is 274 g/mol. The van der Waals surface area contributed by atoms with E-state index in [0.29, 0.717) is 25.5 Å². The zero-order valence-corrected chi connectivity index (χ0v) is 11.8. The van der Waals surface area contributed by atoms with E-state index in [1.807, 2.05) is 29.2 Å². The fourth-order valence-corrected chi connectivity index (χ4v) is 3.25. The van der Waals surface area contributed by atoms with E-state index in [0.717, 1.165) is 24.3 Å². The van der Waals surface area contributed by atoms with E-state index in [2.05, 4.69) is 0 Å². The summed E-state index contributed by atoms with van der Waals surface area (Å²) in [6, 6.07) is 7.93. The smallest absolute Gasteiger partial charge is 0.227 e. The summed E-state index contributed by atoms with van der Waals surface area (Å²) in [5, 5.41) is 0. The number of nitrogens with zero attached hydrogens (tertiary/aromatic N) is 1. The summed E-state index contributed by atoms with van der Waals surface area (Å²) in [4.78, 5) is 14.5. The van der Waals surface area contributed by atoms with Crippen LogP contribution in [0.3, 0.4) is 0 Å². The van der Waals surface area contributed by atoms with Crippen LogP contribution in [-0.4, -0.2) is 25.1 Å². The van der Waals surface area contributed by atoms with Gasteiger partial charge in [-0.15, -0.1) is 0 Å². The maximum absolute atomic E-state index is 12.6. The van der Waals surface area contributed by atoms with Gasteiger partial charge < -0.3 is 15.4 Å². The van der Waals surface area contributed by atoms with Crippen molar-refractivity contribution in [2.45, 2.75) is 38.1 Å². The first-order chi connectivity index (χ1) is 9.75. The summed E-state index contributed by atoms with van der Waals surface area (Å²) in [7, 11) is 0. The molecule has 1 fully saturated rings. The number of para-hydroxylation sites is 2. The zero-order chi connectivity index (χ0) is 13.9. The number of ether oxygens (including phenoxy) is 1. The highest BCUT2D eigenvalue weighted by molar-refractivity contribution is 5.95. The van der Waals surface area contributed by atoms with Crippen LogP contribution in [0.2, 0.25) is 0 Å². The van der Waals surface area contributed by atoms with Gasteiger partial charge in [0, 0.05) is 12.5 Å². The first-order valence-electron chi connectivity index (χ1n) is 7.53. The molecule has 1 aromatic carbocycles. The minimum atomic E-state index is 0.183. The van der Waals surface area contributed by atoms with Gasteiger partial charge in [-0.2, -0.15) is 0 Å². The minimum absolute atomic E-state index is 0.183. The molecule has 0 spiro atoms. The van der Waals surface area contributed by atoms with Crippen molar-refractivity contribution < 1.29 is 9.53 Å². The van der Waals surface area contributed by atoms with Crippen LogP contribution in [0.5, 0.6) is 5.75 Å². The molecule has 1 saturated carbocycles. The van der Waals surface area contributed by atoms with Crippen molar-refractivity contribution in [3.05, 3.63) is 24.3 Å². The van der Waals surface area contributed by atoms with E-state index in [1.165, 1.54) is 12.8 Å². The summed E-state index contributed by atoms with van der Waals surface area (Å²) in [6.45, 7) is 1.21. The molecule has 4 heteroatoms. The fourth-order valence-electron chi connectivity index (χ4n) is 3.25. The van der Waals surface area contributed by atoms with Crippen LogP contribution in [0.4, 0.5) is 5.69 Å². The van der Waals surface area contributed by atoms with Crippen LogP contribution in [0.25, 0.3) is 0 Å². The van der Waals surface area contributed by atoms with E-state index < -0.39 is 0 Å². The van der Waals surface area contributed by atoms with E-state index in [4.69, 9.17) is 10.5 Å². The first kappa shape index (κ1) is 13.4. The molecule has 2 N–H and O–H groups in total. The van der Waals surface area contributed by atoms with E-state index in [-0.39, 0.29) is 11.9 Å². The number of nitrogens with two attached hydrogens (primary N) is 1. The van der Waals surface area contributed by atoms with Gasteiger partial charge in [-0.05, 0) is 30.9 Å². The van der Waals surface area contributed by atoms with Crippen molar-refractivity contribution in [3.63, 3.8) is 0 Å². The second kappa shape index (κ2) is 5.83. The highest BCUT2D eigenvalue weighted by Crippen LogP contribution is 2.33. The zero-order valence-electron chi connectivity index (χ0n) is 11.8. The first-order valence-corrected chi connectivity index (χ1v) is 7.53. The Morgan fingerprint density at radius 1 is 1.30 bits per heavy atom. The molecule has 1 aromatic rings. The molecule has 1 amide bonds. The third-order valence-electron chi connectivity index (χ3n) is 4.43. The van der Waals surface area contributed by atoms with Gasteiger partial charge in [0.15, 0.2) is 0 Å². The summed E-state index contributed by atoms with van der Waals surface area (Å²) in [6.07, 6.45) is 5.10. The number of hydrogen-bond donors (Lipinski definition) is 1. The Morgan fingerprint density at radius 2 is 2.10 bits per heavy atom. The number of amides is 1. The minimum Gasteiger partial charge on any atom is -0.490 e. The number of hydrogen-bond acceptors (Lipinski definition) is 3. The van der Waals surface area contributed by atoms with Crippen LogP contribution in [0.15, 0.2) is 24.3 Å². The molecular weight excluding hydrogens is 252 g/mol. The van der Waals surface area contributed by atoms with Gasteiger partial charge in [0.1, 0.15) is 12.4 Å². The molecule has 20 heavy (non-hydrogen) atoms. The molecule has 2 unspecified atom stereocenters. The van der Waals surface area contributed by atoms with Crippen molar-refractivity contribution in [1.29, 1.82) is 0 Å². The lowest BCUT2D eigenvalue weighted by molar-refractivity contribution is -0.120. The molecule has 4 nitrogen and oxygen atoms in total. The van der Waals surface area contributed by atoms with Crippen molar-refractivity contribution in [1.82, 2.24) is 0 Å². The van der Waals surface area contributed by atoms with Crippen LogP contribution < -0.4 is 15.4 Å². The Bertz CT molecular complexity index is 489. The Hall–Kier alpha value is -1.55. The molecule has 1 aliphatic carbocycles. The van der Waals surface area contributed by atoms with Crippen LogP contribution >= 0.6 is 0 Å². The van der Waals surface area contributed by atoms with Gasteiger partial charge in [-0.25, -0.2) is 0 Å². The molecule has 1 aliphatic heterocycles. The molecule has 1 heterocycles. The monoisotopic (exact) mass is 274 g/mol. The van der Waals surface area contributed by atoms with Gasteiger partial charge in [0.2, 0.25) is 5.91 Å². The van der Waals surface area contributed by atoms with Crippen molar-refractivity contribution in [2.75, 3.05) is 18.1 Å². The number of anilines is 1. The topological polar surface area (TPSA) is 55.6 Å². The van der Waals surface area contributed by atoms with Gasteiger partial charge >= 0.3 is 0 Å². The number of carbonyl (C=O) groups excluding carboxylic acids is 1. The molecule has 0 bridgehead atoms. The Labute approximate surface area is 119 Å². The fraction of sp³-hybridized carbons (Fsp3) is 0.562. The van der Waals surface area contributed by atoms with Crippen LogP contribution in [0, 0.1) is 5.92 Å². The lowest BCUT2D eigenvalue weighted by Crippen LogP contribution is -2.42. The van der Waals surface area contributed by atoms with Crippen molar-refractivity contribution >= 4 is 11.6 Å². The molecule has 0 radical (unpaired) electrons. The third-order valence-corrected chi connectivity index (χ3v) is 4.43. The molecule has 3 rings (SSSR count). The van der Waals surface area contributed by atoms with Crippen LogP contribution in [0.1, 0.15) is 32.1 Å². The highest BCUT2D eigenvalue weighted by atomic mass is 16.5. The third kappa shape index (κ3) is 2.66.